The molecule has 10 nitrogen and oxygen atoms in total. The summed E-state index contributed by atoms with van der Waals surface area (Å²) < 4.78 is 75.2. The molecule has 14 heteroatoms. The molecule has 256 valence electrons. The van der Waals surface area contributed by atoms with Gasteiger partial charge in [0.1, 0.15) is 24.0 Å². The predicted octanol–water partition coefficient (Wildman–Crippen LogP) is 6.22. The fourth-order valence-corrected chi connectivity index (χ4v) is 7.77. The first-order chi connectivity index (χ1) is 23.5. The number of hydrogen-bond donors (Lipinski definition) is 1. The van der Waals surface area contributed by atoms with E-state index in [1.165, 1.54) is 29.5 Å². The SMILES string of the molecule is O=C(O)c1ccc(N(Cc2cnc(C3CCCCC3)cn2)C(=O)[C@H]2CCN2S(=O)(=O)c2cc(F)c(F)c(F)c2)cc1OCc1ccccc1. The van der Waals surface area contributed by atoms with Crippen molar-refractivity contribution in [2.75, 3.05) is 11.4 Å². The number of benzene rings is 3. The standard InChI is InChI=1S/C35H33F3N4O6S/c36-28-16-26(17-29(37)33(28)38)49(46,47)42-14-13-31(42)34(43)41(20-24-18-40-30(19-39-24)23-9-5-2-6-10-23)25-11-12-27(35(44)45)32(15-25)48-21-22-7-3-1-4-8-22/h1,3-4,7-8,11-12,15-19,23,31H,2,5-6,9-10,13-14,20-21H2,(H,44,45)/t31-/m1/s1. The van der Waals surface area contributed by atoms with Crippen LogP contribution in [0.25, 0.3) is 0 Å². The van der Waals surface area contributed by atoms with Gasteiger partial charge in [-0.3, -0.25) is 14.8 Å². The van der Waals surface area contributed by atoms with Crippen molar-refractivity contribution in [1.82, 2.24) is 14.3 Å². The molecule has 3 aromatic carbocycles. The number of halogens is 3. The lowest BCUT2D eigenvalue weighted by Gasteiger charge is -2.41. The van der Waals surface area contributed by atoms with Crippen LogP contribution in [0, 0.1) is 17.5 Å². The van der Waals surface area contributed by atoms with Crippen molar-refractivity contribution < 1.29 is 41.0 Å². The van der Waals surface area contributed by atoms with Crippen LogP contribution in [0.1, 0.15) is 71.8 Å². The lowest BCUT2D eigenvalue weighted by Crippen LogP contribution is -2.59. The normalized spacial score (nSPS) is 16.9. The molecule has 0 radical (unpaired) electrons. The van der Waals surface area contributed by atoms with Crippen LogP contribution in [-0.2, 0) is 28.0 Å². The Labute approximate surface area is 281 Å². The molecule has 1 aliphatic heterocycles. The van der Waals surface area contributed by atoms with Gasteiger partial charge in [0.2, 0.25) is 15.9 Å². The number of carbonyl (C=O) groups is 2. The number of sulfonamides is 1. The summed E-state index contributed by atoms with van der Waals surface area (Å²) in [5, 5.41) is 9.87. The molecule has 2 fully saturated rings. The molecule has 1 saturated heterocycles. The molecular weight excluding hydrogens is 661 g/mol. The number of amides is 1. The van der Waals surface area contributed by atoms with Gasteiger partial charge in [0.15, 0.2) is 17.5 Å². The minimum absolute atomic E-state index is 0.0271. The summed E-state index contributed by atoms with van der Waals surface area (Å²) in [6.07, 6.45) is 8.72. The van der Waals surface area contributed by atoms with Crippen LogP contribution in [0.15, 0.2) is 78.0 Å². The summed E-state index contributed by atoms with van der Waals surface area (Å²) in [5.41, 5.74) is 2.04. The first-order valence-electron chi connectivity index (χ1n) is 15.9. The van der Waals surface area contributed by atoms with Crippen molar-refractivity contribution in [1.29, 1.82) is 0 Å². The summed E-state index contributed by atoms with van der Waals surface area (Å²) in [4.78, 5) is 35.9. The molecule has 1 aromatic heterocycles. The van der Waals surface area contributed by atoms with E-state index in [-0.39, 0.29) is 49.0 Å². The van der Waals surface area contributed by atoms with Crippen molar-refractivity contribution in [3.05, 3.63) is 113 Å². The maximum absolute atomic E-state index is 14.2. The average Bonchev–Trinajstić information content (AvgIpc) is 3.08. The number of aromatic nitrogens is 2. The van der Waals surface area contributed by atoms with Crippen molar-refractivity contribution >= 4 is 27.6 Å². The van der Waals surface area contributed by atoms with Crippen LogP contribution in [-0.4, -0.2) is 52.3 Å². The molecule has 1 amide bonds. The van der Waals surface area contributed by atoms with Crippen molar-refractivity contribution in [2.24, 2.45) is 0 Å². The van der Waals surface area contributed by atoms with Crippen molar-refractivity contribution in [3.8, 4) is 5.75 Å². The van der Waals surface area contributed by atoms with Crippen molar-refractivity contribution in [2.45, 2.75) is 68.5 Å². The lowest BCUT2D eigenvalue weighted by molar-refractivity contribution is -0.125. The summed E-state index contributed by atoms with van der Waals surface area (Å²) in [6.45, 7) is -0.260. The minimum Gasteiger partial charge on any atom is -0.488 e. The average molecular weight is 695 g/mol. The molecule has 1 saturated carbocycles. The van der Waals surface area contributed by atoms with E-state index in [2.05, 4.69) is 9.97 Å². The van der Waals surface area contributed by atoms with Gasteiger partial charge in [-0.1, -0.05) is 49.6 Å². The topological polar surface area (TPSA) is 130 Å². The zero-order valence-electron chi connectivity index (χ0n) is 26.3. The second-order valence-corrected chi connectivity index (χ2v) is 14.0. The van der Waals surface area contributed by atoms with Gasteiger partial charge in [-0.2, -0.15) is 4.31 Å². The largest absolute Gasteiger partial charge is 0.488 e. The van der Waals surface area contributed by atoms with E-state index in [9.17, 15) is 36.3 Å². The van der Waals surface area contributed by atoms with Crippen LogP contribution in [0.2, 0.25) is 0 Å². The smallest absolute Gasteiger partial charge is 0.339 e. The molecule has 2 heterocycles. The number of anilines is 1. The first-order valence-corrected chi connectivity index (χ1v) is 17.3. The van der Waals surface area contributed by atoms with Gasteiger partial charge in [-0.05, 0) is 49.1 Å². The van der Waals surface area contributed by atoms with Crippen LogP contribution in [0.3, 0.4) is 0 Å². The van der Waals surface area contributed by atoms with E-state index in [4.69, 9.17) is 4.74 Å². The van der Waals surface area contributed by atoms with Gasteiger partial charge in [-0.15, -0.1) is 0 Å². The summed E-state index contributed by atoms with van der Waals surface area (Å²) >= 11 is 0. The summed E-state index contributed by atoms with van der Waals surface area (Å²) in [7, 11) is -4.62. The number of rotatable bonds is 11. The molecule has 1 atom stereocenters. The number of aromatic carboxylic acids is 1. The fraction of sp³-hybridized carbons (Fsp3) is 0.314. The minimum atomic E-state index is -4.62. The van der Waals surface area contributed by atoms with Gasteiger partial charge in [0.05, 0.1) is 29.0 Å². The van der Waals surface area contributed by atoms with E-state index in [1.54, 1.807) is 36.7 Å². The van der Waals surface area contributed by atoms with Crippen LogP contribution in [0.5, 0.6) is 5.75 Å². The van der Waals surface area contributed by atoms with Gasteiger partial charge >= 0.3 is 5.97 Å². The van der Waals surface area contributed by atoms with Gasteiger partial charge in [0, 0.05) is 30.4 Å². The van der Waals surface area contributed by atoms with E-state index < -0.39 is 50.3 Å². The highest BCUT2D eigenvalue weighted by atomic mass is 32.2. The zero-order valence-corrected chi connectivity index (χ0v) is 27.1. The van der Waals surface area contributed by atoms with E-state index in [1.807, 2.05) is 6.07 Å². The molecule has 4 aromatic rings. The number of ether oxygens (including phenoxy) is 1. The highest BCUT2D eigenvalue weighted by molar-refractivity contribution is 7.89. The Morgan fingerprint density at radius 3 is 2.24 bits per heavy atom. The Balaban J connectivity index is 1.33. The highest BCUT2D eigenvalue weighted by Crippen LogP contribution is 2.34. The summed E-state index contributed by atoms with van der Waals surface area (Å²) in [6, 6.07) is 12.6. The maximum Gasteiger partial charge on any atom is 0.339 e. The fourth-order valence-electron chi connectivity index (χ4n) is 6.12. The molecule has 1 aliphatic carbocycles. The van der Waals surface area contributed by atoms with E-state index >= 15 is 0 Å². The number of nitrogens with zero attached hydrogens (tertiary/aromatic N) is 4. The third kappa shape index (κ3) is 7.30. The predicted molar refractivity (Wildman–Crippen MR) is 172 cm³/mol. The summed E-state index contributed by atoms with van der Waals surface area (Å²) in [5.74, 6) is -6.87. The molecule has 2 aliphatic rings. The molecular formula is C35H33F3N4O6S. The molecule has 1 N–H and O–H groups in total. The third-order valence-electron chi connectivity index (χ3n) is 8.90. The van der Waals surface area contributed by atoms with Gasteiger partial charge in [-0.25, -0.2) is 26.4 Å². The zero-order chi connectivity index (χ0) is 34.7. The number of carboxylic acid groups (broad SMARTS) is 1. The Kier molecular flexibility index (Phi) is 9.97. The maximum atomic E-state index is 14.2. The Morgan fingerprint density at radius 2 is 1.63 bits per heavy atom. The second kappa shape index (κ2) is 14.3. The molecule has 6 rings (SSSR count). The van der Waals surface area contributed by atoms with Gasteiger partial charge in [0.25, 0.3) is 0 Å². The number of carboxylic acids is 1. The van der Waals surface area contributed by atoms with E-state index in [0.717, 1.165) is 41.2 Å². The monoisotopic (exact) mass is 694 g/mol. The quantitative estimate of drug-likeness (QED) is 0.183. The van der Waals surface area contributed by atoms with Crippen molar-refractivity contribution in [3.63, 3.8) is 0 Å². The highest BCUT2D eigenvalue weighted by Gasteiger charge is 2.45. The Morgan fingerprint density at radius 1 is 0.918 bits per heavy atom. The van der Waals surface area contributed by atoms with Crippen LogP contribution < -0.4 is 9.64 Å². The van der Waals surface area contributed by atoms with Crippen LogP contribution >= 0.6 is 0 Å². The molecule has 49 heavy (non-hydrogen) atoms. The number of carbonyl (C=O) groups excluding carboxylic acids is 1. The third-order valence-corrected chi connectivity index (χ3v) is 10.8. The van der Waals surface area contributed by atoms with Crippen LogP contribution in [0.4, 0.5) is 18.9 Å². The Hall–Kier alpha value is -4.82. The Bertz CT molecular complexity index is 1940. The molecule has 0 bridgehead atoms. The number of hydrogen-bond acceptors (Lipinski definition) is 7. The molecule has 0 spiro atoms. The molecule has 0 unspecified atom stereocenters. The van der Waals surface area contributed by atoms with Gasteiger partial charge < -0.3 is 14.7 Å². The second-order valence-electron chi connectivity index (χ2n) is 12.1. The lowest BCUT2D eigenvalue weighted by atomic mass is 9.87. The first kappa shape index (κ1) is 34.1. The van der Waals surface area contributed by atoms with E-state index in [0.29, 0.717) is 17.8 Å².